The van der Waals surface area contributed by atoms with Crippen molar-refractivity contribution in [3.63, 3.8) is 0 Å². The maximum atomic E-state index is 13.7. The Morgan fingerprint density at radius 2 is 2.03 bits per heavy atom. The van der Waals surface area contributed by atoms with Crippen LogP contribution in [0.2, 0.25) is 5.02 Å². The third kappa shape index (κ3) is 4.40. The van der Waals surface area contributed by atoms with Crippen molar-refractivity contribution in [3.05, 3.63) is 62.5 Å². The molecule has 32 heavy (non-hydrogen) atoms. The number of rotatable bonds is 5. The minimum Gasteiger partial charge on any atom is -0.481 e. The average molecular weight is 478 g/mol. The van der Waals surface area contributed by atoms with Crippen LogP contribution in [0.5, 0.6) is 0 Å². The first-order valence-corrected chi connectivity index (χ1v) is 11.4. The second-order valence-electron chi connectivity index (χ2n) is 7.71. The molecule has 2 aromatic rings. The van der Waals surface area contributed by atoms with Crippen LogP contribution in [0.4, 0.5) is 4.39 Å². The number of amidine groups is 1. The zero-order valence-electron chi connectivity index (χ0n) is 17.2. The quantitative estimate of drug-likeness (QED) is 0.621. The maximum Gasteiger partial charge on any atom is 0.338 e. The van der Waals surface area contributed by atoms with Gasteiger partial charge in [-0.05, 0) is 43.7 Å². The van der Waals surface area contributed by atoms with Crippen molar-refractivity contribution in [2.75, 3.05) is 7.11 Å². The zero-order chi connectivity index (χ0) is 22.8. The van der Waals surface area contributed by atoms with Crippen LogP contribution in [-0.2, 0) is 14.3 Å². The van der Waals surface area contributed by atoms with Gasteiger partial charge in [0.25, 0.3) is 0 Å². The smallest absolute Gasteiger partial charge is 0.338 e. The Labute approximate surface area is 193 Å². The number of carboxylic acid groups (broad SMARTS) is 1. The van der Waals surface area contributed by atoms with Gasteiger partial charge in [0.1, 0.15) is 11.9 Å². The highest BCUT2D eigenvalue weighted by Gasteiger charge is 2.38. The highest BCUT2D eigenvalue weighted by Crippen LogP contribution is 2.41. The van der Waals surface area contributed by atoms with Gasteiger partial charge in [0.15, 0.2) is 10.8 Å². The fourth-order valence-corrected chi connectivity index (χ4v) is 5.11. The summed E-state index contributed by atoms with van der Waals surface area (Å²) in [5.74, 6) is -1.87. The van der Waals surface area contributed by atoms with E-state index in [1.807, 2.05) is 5.38 Å². The number of nitrogens with zero attached hydrogens (tertiary/aromatic N) is 2. The first kappa shape index (κ1) is 22.4. The minimum atomic E-state index is -0.817. The van der Waals surface area contributed by atoms with E-state index >= 15 is 0 Å². The molecule has 10 heteroatoms. The Balaban J connectivity index is 1.82. The van der Waals surface area contributed by atoms with Gasteiger partial charge in [0.05, 0.1) is 18.6 Å². The van der Waals surface area contributed by atoms with Crippen molar-refractivity contribution >= 4 is 40.7 Å². The Hall–Kier alpha value is -2.78. The van der Waals surface area contributed by atoms with Crippen LogP contribution in [0, 0.1) is 17.7 Å². The molecule has 4 rings (SSSR count). The Kier molecular flexibility index (Phi) is 6.57. The molecule has 0 bridgehead atoms. The lowest BCUT2D eigenvalue weighted by atomic mass is 9.78. The van der Waals surface area contributed by atoms with E-state index in [4.69, 9.17) is 21.3 Å². The fourth-order valence-electron chi connectivity index (χ4n) is 4.25. The number of ether oxygens (including phenoxy) is 1. The number of carboxylic acids is 1. The van der Waals surface area contributed by atoms with Crippen LogP contribution in [0.15, 0.2) is 46.0 Å². The van der Waals surface area contributed by atoms with Crippen LogP contribution < -0.4 is 5.32 Å². The summed E-state index contributed by atoms with van der Waals surface area (Å²) < 4.78 is 18.8. The van der Waals surface area contributed by atoms with Gasteiger partial charge < -0.3 is 15.2 Å². The van der Waals surface area contributed by atoms with Crippen molar-refractivity contribution in [2.45, 2.75) is 31.7 Å². The van der Waals surface area contributed by atoms with Gasteiger partial charge in [0, 0.05) is 27.9 Å². The molecule has 1 fully saturated rings. The van der Waals surface area contributed by atoms with Gasteiger partial charge >= 0.3 is 11.9 Å². The molecule has 1 aliphatic carbocycles. The van der Waals surface area contributed by atoms with Crippen molar-refractivity contribution in [1.29, 1.82) is 0 Å². The van der Waals surface area contributed by atoms with E-state index in [-0.39, 0.29) is 10.9 Å². The zero-order valence-corrected chi connectivity index (χ0v) is 18.8. The predicted molar refractivity (Wildman–Crippen MR) is 118 cm³/mol. The number of methoxy groups -OCH3 is 1. The maximum absolute atomic E-state index is 13.7. The van der Waals surface area contributed by atoms with Gasteiger partial charge in [0.2, 0.25) is 0 Å². The molecule has 1 aliphatic heterocycles. The molecule has 1 aromatic heterocycles. The Morgan fingerprint density at radius 3 is 2.62 bits per heavy atom. The molecule has 1 atom stereocenters. The number of allylic oxidation sites excluding steroid dienone is 1. The number of benzene rings is 1. The lowest BCUT2D eigenvalue weighted by Crippen LogP contribution is -2.38. The van der Waals surface area contributed by atoms with Crippen LogP contribution >= 0.6 is 22.9 Å². The molecule has 0 spiro atoms. The SMILES string of the molecule is COC(=O)C1=C([C@H]2CC[C@H](C(=O)O)CC2)NC(c2nccs2)=N[C@H]1c1ccc(F)cc1Cl. The summed E-state index contributed by atoms with van der Waals surface area (Å²) in [5, 5.41) is 15.2. The molecule has 1 aromatic carbocycles. The monoisotopic (exact) mass is 477 g/mol. The number of carbonyl (C=O) groups excluding carboxylic acids is 1. The minimum absolute atomic E-state index is 0.0908. The number of hydrogen-bond acceptors (Lipinski definition) is 7. The lowest BCUT2D eigenvalue weighted by molar-refractivity contribution is -0.143. The molecule has 2 heterocycles. The van der Waals surface area contributed by atoms with Gasteiger partial charge in [-0.15, -0.1) is 11.3 Å². The molecule has 7 nitrogen and oxygen atoms in total. The molecular formula is C22H21ClFN3O4S. The van der Waals surface area contributed by atoms with E-state index in [0.29, 0.717) is 53.4 Å². The van der Waals surface area contributed by atoms with Gasteiger partial charge in [-0.2, -0.15) is 0 Å². The molecule has 0 amide bonds. The number of hydrogen-bond donors (Lipinski definition) is 2. The molecular weight excluding hydrogens is 457 g/mol. The largest absolute Gasteiger partial charge is 0.481 e. The molecule has 0 unspecified atom stereocenters. The number of aromatic nitrogens is 1. The van der Waals surface area contributed by atoms with E-state index in [2.05, 4.69) is 10.3 Å². The summed E-state index contributed by atoms with van der Waals surface area (Å²) >= 11 is 7.74. The van der Waals surface area contributed by atoms with Crippen LogP contribution in [0.3, 0.4) is 0 Å². The standard InChI is InChI=1S/C22H21ClFN3O4S/c1-31-22(30)16-17(11-2-4-12(5-3-11)21(28)29)26-19(20-25-8-9-32-20)27-18(16)14-7-6-13(24)10-15(14)23/h6-12,18H,2-5H2,1H3,(H,26,27)(H,28,29)/t11-,12-,18-/m0/s1. The summed E-state index contributed by atoms with van der Waals surface area (Å²) in [6.45, 7) is 0. The highest BCUT2D eigenvalue weighted by molar-refractivity contribution is 7.11. The molecule has 168 valence electrons. The lowest BCUT2D eigenvalue weighted by Gasteiger charge is -2.34. The molecule has 2 aliphatic rings. The van der Waals surface area contributed by atoms with Gasteiger partial charge in [-0.1, -0.05) is 17.7 Å². The number of aliphatic imine (C=N–C) groups is 1. The van der Waals surface area contributed by atoms with Crippen molar-refractivity contribution in [3.8, 4) is 0 Å². The predicted octanol–water partition coefficient (Wildman–Crippen LogP) is 4.34. The van der Waals surface area contributed by atoms with E-state index in [1.54, 1.807) is 6.20 Å². The molecule has 0 saturated heterocycles. The molecule has 0 radical (unpaired) electrons. The topological polar surface area (TPSA) is 101 Å². The summed E-state index contributed by atoms with van der Waals surface area (Å²) in [7, 11) is 1.29. The summed E-state index contributed by atoms with van der Waals surface area (Å²) in [5.41, 5.74) is 1.40. The third-order valence-electron chi connectivity index (χ3n) is 5.86. The normalized spacial score (nSPS) is 23.3. The first-order valence-electron chi connectivity index (χ1n) is 10.1. The van der Waals surface area contributed by atoms with Crippen LogP contribution in [0.25, 0.3) is 0 Å². The molecule has 1 saturated carbocycles. The number of esters is 1. The second kappa shape index (κ2) is 9.38. The second-order valence-corrected chi connectivity index (χ2v) is 9.02. The van der Waals surface area contributed by atoms with Crippen LogP contribution in [0.1, 0.15) is 42.3 Å². The van der Waals surface area contributed by atoms with Crippen LogP contribution in [-0.4, -0.2) is 35.0 Å². The number of nitrogens with one attached hydrogen (secondary N) is 1. The van der Waals surface area contributed by atoms with Crippen molar-refractivity contribution in [2.24, 2.45) is 16.8 Å². The van der Waals surface area contributed by atoms with Crippen molar-refractivity contribution < 1.29 is 23.8 Å². The Morgan fingerprint density at radius 1 is 1.28 bits per heavy atom. The van der Waals surface area contributed by atoms with Crippen molar-refractivity contribution in [1.82, 2.24) is 10.3 Å². The number of thiazole rings is 1. The third-order valence-corrected chi connectivity index (χ3v) is 6.96. The van der Waals surface area contributed by atoms with E-state index in [1.165, 1.54) is 36.6 Å². The average Bonchev–Trinajstić information content (AvgIpc) is 3.33. The Bertz CT molecular complexity index is 1090. The van der Waals surface area contributed by atoms with E-state index in [0.717, 1.165) is 0 Å². The number of aliphatic carboxylic acids is 1. The van der Waals surface area contributed by atoms with E-state index < -0.39 is 29.7 Å². The summed E-state index contributed by atoms with van der Waals surface area (Å²) in [6, 6.07) is 3.15. The summed E-state index contributed by atoms with van der Waals surface area (Å²) in [4.78, 5) is 33.4. The molecule has 2 N–H and O–H groups in total. The summed E-state index contributed by atoms with van der Waals surface area (Å²) in [6.07, 6.45) is 3.85. The highest BCUT2D eigenvalue weighted by atomic mass is 35.5. The number of halogens is 2. The fraction of sp³-hybridized carbons (Fsp3) is 0.364. The van der Waals surface area contributed by atoms with Gasteiger partial charge in [-0.25, -0.2) is 14.2 Å². The number of carbonyl (C=O) groups is 2. The van der Waals surface area contributed by atoms with Gasteiger partial charge in [-0.3, -0.25) is 9.79 Å². The first-order chi connectivity index (χ1) is 15.4. The van der Waals surface area contributed by atoms with E-state index in [9.17, 15) is 19.1 Å².